The molecule has 1 saturated carbocycles. The Balaban J connectivity index is 1.28. The molecule has 1 spiro atoms. The average Bonchev–Trinajstić information content (AvgIpc) is 3.80. The quantitative estimate of drug-likeness (QED) is 0.308. The molecule has 0 unspecified atom stereocenters. The Kier molecular flexibility index (Phi) is 8.86. The van der Waals surface area contributed by atoms with E-state index in [9.17, 15) is 13.6 Å². The lowest BCUT2D eigenvalue weighted by Crippen LogP contribution is -2.62. The van der Waals surface area contributed by atoms with Crippen molar-refractivity contribution in [2.24, 2.45) is 5.41 Å². The first-order valence-electron chi connectivity index (χ1n) is 16.0. The number of hydrogen-bond acceptors (Lipinski definition) is 8. The van der Waals surface area contributed by atoms with E-state index in [1.54, 1.807) is 4.90 Å². The van der Waals surface area contributed by atoms with Crippen molar-refractivity contribution in [1.82, 2.24) is 19.8 Å². The summed E-state index contributed by atoms with van der Waals surface area (Å²) in [5, 5.41) is 0.799. The van der Waals surface area contributed by atoms with Crippen molar-refractivity contribution < 1.29 is 27.8 Å². The fraction of sp³-hybridized carbons (Fsp3) is 0.719. The van der Waals surface area contributed by atoms with Gasteiger partial charge in [0.2, 0.25) is 0 Å². The van der Waals surface area contributed by atoms with Crippen molar-refractivity contribution in [2.45, 2.75) is 90.3 Å². The number of halogens is 3. The SMILES string of the molecule is CCN1CCC(Oc2nc(N3CCC4(CC3)CN(C(=O)OC(C)(C)C)C4)c3cc(C4CC4)c(Br)c(OCC(F)F)c3n2)CC1. The van der Waals surface area contributed by atoms with Crippen LogP contribution >= 0.6 is 15.9 Å². The lowest BCUT2D eigenvalue weighted by molar-refractivity contribution is -0.0434. The number of aromatic nitrogens is 2. The normalized spacial score (nSPS) is 21.2. The molecule has 1 amide bonds. The van der Waals surface area contributed by atoms with Gasteiger partial charge in [0.15, 0.2) is 5.75 Å². The molecule has 1 aromatic carbocycles. The Labute approximate surface area is 266 Å². The van der Waals surface area contributed by atoms with Gasteiger partial charge in [0.05, 0.1) is 4.47 Å². The number of alkyl halides is 2. The van der Waals surface area contributed by atoms with Crippen LogP contribution in [-0.4, -0.2) is 96.4 Å². The molecule has 9 nitrogen and oxygen atoms in total. The van der Waals surface area contributed by atoms with Gasteiger partial charge in [0.1, 0.15) is 29.6 Å². The number of rotatable bonds is 8. The predicted octanol–water partition coefficient (Wildman–Crippen LogP) is 6.61. The number of hydrogen-bond donors (Lipinski definition) is 0. The number of benzene rings is 1. The van der Waals surface area contributed by atoms with Gasteiger partial charge in [-0.2, -0.15) is 9.97 Å². The zero-order chi connectivity index (χ0) is 31.2. The van der Waals surface area contributed by atoms with E-state index >= 15 is 0 Å². The highest BCUT2D eigenvalue weighted by Gasteiger charge is 2.48. The second kappa shape index (κ2) is 12.4. The fourth-order valence-electron chi connectivity index (χ4n) is 6.68. The second-order valence-corrected chi connectivity index (χ2v) is 14.7. The predicted molar refractivity (Wildman–Crippen MR) is 168 cm³/mol. The summed E-state index contributed by atoms with van der Waals surface area (Å²) in [4.78, 5) is 28.8. The standard InChI is InChI=1S/C32H44BrF2N5O4/c1-5-38-12-8-21(9-13-38)43-29-36-26-23(16-22(20-6-7-20)25(33)27(26)42-17-24(34)35)28(37-29)39-14-10-32(11-15-39)18-40(19-32)30(41)44-31(2,3)4/h16,20-21,24H,5-15,17-19H2,1-4H3. The topological polar surface area (TPSA) is 80.3 Å². The molecule has 0 bridgehead atoms. The zero-order valence-electron chi connectivity index (χ0n) is 26.2. The Morgan fingerprint density at radius 3 is 2.36 bits per heavy atom. The molecule has 2 aromatic rings. The molecule has 3 saturated heterocycles. The molecule has 3 aliphatic heterocycles. The molecule has 4 aliphatic rings. The van der Waals surface area contributed by atoms with Crippen LogP contribution in [0.1, 0.15) is 77.7 Å². The molecule has 0 atom stereocenters. The highest BCUT2D eigenvalue weighted by Crippen LogP contribution is 2.50. The fourth-order valence-corrected chi connectivity index (χ4v) is 7.42. The minimum absolute atomic E-state index is 0.0128. The van der Waals surface area contributed by atoms with Crippen molar-refractivity contribution >= 4 is 38.7 Å². The maximum Gasteiger partial charge on any atom is 0.410 e. The Hall–Kier alpha value is -2.47. The number of fused-ring (bicyclic) bond motifs is 1. The molecule has 4 heterocycles. The zero-order valence-corrected chi connectivity index (χ0v) is 27.8. The maximum atomic E-state index is 13.4. The van der Waals surface area contributed by atoms with Crippen LogP contribution in [0, 0.1) is 5.41 Å². The van der Waals surface area contributed by atoms with Crippen molar-refractivity contribution in [3.63, 3.8) is 0 Å². The summed E-state index contributed by atoms with van der Waals surface area (Å²) in [7, 11) is 0. The summed E-state index contributed by atoms with van der Waals surface area (Å²) in [6.45, 7) is 12.9. The number of amides is 1. The maximum absolute atomic E-state index is 13.4. The lowest BCUT2D eigenvalue weighted by Gasteiger charge is -2.53. The van der Waals surface area contributed by atoms with E-state index in [-0.39, 0.29) is 23.6 Å². The van der Waals surface area contributed by atoms with Crippen LogP contribution in [0.3, 0.4) is 0 Å². The number of carbonyl (C=O) groups is 1. The summed E-state index contributed by atoms with van der Waals surface area (Å²) in [5.74, 6) is 1.44. The molecule has 0 radical (unpaired) electrons. The van der Waals surface area contributed by atoms with Gasteiger partial charge in [0.25, 0.3) is 6.43 Å². The largest absolute Gasteiger partial charge is 0.484 e. The Morgan fingerprint density at radius 1 is 1.09 bits per heavy atom. The van der Waals surface area contributed by atoms with E-state index in [2.05, 4.69) is 38.7 Å². The first-order chi connectivity index (χ1) is 20.9. The van der Waals surface area contributed by atoms with E-state index in [0.29, 0.717) is 34.7 Å². The molecular formula is C32H44BrF2N5O4. The van der Waals surface area contributed by atoms with Crippen LogP contribution in [0.2, 0.25) is 0 Å². The number of nitrogens with zero attached hydrogens (tertiary/aromatic N) is 5. The number of piperidine rings is 2. The molecule has 242 valence electrons. The van der Waals surface area contributed by atoms with Gasteiger partial charge in [-0.3, -0.25) is 0 Å². The van der Waals surface area contributed by atoms with Gasteiger partial charge in [-0.05, 0) is 99.3 Å². The van der Waals surface area contributed by atoms with E-state index < -0.39 is 18.6 Å². The van der Waals surface area contributed by atoms with E-state index in [1.165, 1.54) is 0 Å². The van der Waals surface area contributed by atoms with Crippen LogP contribution in [0.4, 0.5) is 19.4 Å². The van der Waals surface area contributed by atoms with Gasteiger partial charge in [0, 0.05) is 50.1 Å². The van der Waals surface area contributed by atoms with E-state index in [0.717, 1.165) is 88.0 Å². The van der Waals surface area contributed by atoms with Gasteiger partial charge in [-0.1, -0.05) is 6.92 Å². The first-order valence-corrected chi connectivity index (χ1v) is 16.8. The smallest absolute Gasteiger partial charge is 0.410 e. The third kappa shape index (κ3) is 6.85. The number of likely N-dealkylation sites (tertiary alicyclic amines) is 2. The van der Waals surface area contributed by atoms with Crippen LogP contribution in [-0.2, 0) is 4.74 Å². The van der Waals surface area contributed by atoms with Crippen LogP contribution < -0.4 is 14.4 Å². The second-order valence-electron chi connectivity index (χ2n) is 13.9. The van der Waals surface area contributed by atoms with Crippen molar-refractivity contribution in [1.29, 1.82) is 0 Å². The van der Waals surface area contributed by atoms with Crippen molar-refractivity contribution in [3.8, 4) is 11.8 Å². The third-order valence-corrected chi connectivity index (χ3v) is 10.1. The van der Waals surface area contributed by atoms with Crippen LogP contribution in [0.25, 0.3) is 10.9 Å². The molecule has 0 N–H and O–H groups in total. The number of anilines is 1. The van der Waals surface area contributed by atoms with Crippen molar-refractivity contribution in [2.75, 3.05) is 57.3 Å². The molecule has 4 fully saturated rings. The first kappa shape index (κ1) is 31.5. The van der Waals surface area contributed by atoms with Gasteiger partial charge < -0.3 is 28.9 Å². The van der Waals surface area contributed by atoms with Crippen molar-refractivity contribution in [3.05, 3.63) is 16.1 Å². The highest BCUT2D eigenvalue weighted by molar-refractivity contribution is 9.10. The summed E-state index contributed by atoms with van der Waals surface area (Å²) in [6.07, 6.45) is 2.79. The number of carbonyl (C=O) groups excluding carboxylic acids is 1. The number of ether oxygens (including phenoxy) is 3. The average molecular weight is 681 g/mol. The summed E-state index contributed by atoms with van der Waals surface area (Å²) >= 11 is 3.69. The van der Waals surface area contributed by atoms with Gasteiger partial charge >= 0.3 is 12.1 Å². The van der Waals surface area contributed by atoms with E-state index in [4.69, 9.17) is 24.2 Å². The van der Waals surface area contributed by atoms with E-state index in [1.807, 2.05) is 20.8 Å². The van der Waals surface area contributed by atoms with Gasteiger partial charge in [-0.15, -0.1) is 0 Å². The van der Waals surface area contributed by atoms with Crippen LogP contribution in [0.15, 0.2) is 10.5 Å². The molecule has 44 heavy (non-hydrogen) atoms. The minimum atomic E-state index is -2.61. The third-order valence-electron chi connectivity index (χ3n) is 9.33. The highest BCUT2D eigenvalue weighted by atomic mass is 79.9. The Bertz CT molecular complexity index is 1360. The minimum Gasteiger partial charge on any atom is -0.484 e. The Morgan fingerprint density at radius 2 is 1.77 bits per heavy atom. The summed E-state index contributed by atoms with van der Waals surface area (Å²) in [6, 6.07) is 2.37. The molecule has 6 rings (SSSR count). The molecule has 1 aromatic heterocycles. The monoisotopic (exact) mass is 679 g/mol. The molecule has 1 aliphatic carbocycles. The van der Waals surface area contributed by atoms with Gasteiger partial charge in [-0.25, -0.2) is 13.6 Å². The summed E-state index contributed by atoms with van der Waals surface area (Å²) < 4.78 is 45.2. The lowest BCUT2D eigenvalue weighted by atomic mass is 9.72. The molecular weight excluding hydrogens is 636 g/mol. The molecule has 12 heteroatoms. The summed E-state index contributed by atoms with van der Waals surface area (Å²) in [5.41, 5.74) is 1.09. The van der Waals surface area contributed by atoms with Crippen LogP contribution in [0.5, 0.6) is 11.8 Å².